The van der Waals surface area contributed by atoms with E-state index in [4.69, 9.17) is 0 Å². The molecule has 3 nitrogen and oxygen atoms in total. The molecule has 1 aliphatic rings. The topological polar surface area (TPSA) is 21.1 Å². The molecule has 2 aromatic heterocycles. The summed E-state index contributed by atoms with van der Waals surface area (Å²) >= 11 is 0. The van der Waals surface area contributed by atoms with Gasteiger partial charge in [0, 0.05) is 23.6 Å². The molecule has 0 N–H and O–H groups in total. The Balaban J connectivity index is 1.88. The number of hydrogen-bond acceptors (Lipinski definition) is 2. The lowest BCUT2D eigenvalue weighted by Crippen LogP contribution is -2.29. The summed E-state index contributed by atoms with van der Waals surface area (Å²) in [6.07, 6.45) is 5.95. The molecule has 1 saturated heterocycles. The van der Waals surface area contributed by atoms with E-state index in [0.717, 1.165) is 5.82 Å². The van der Waals surface area contributed by atoms with E-state index in [1.165, 1.54) is 42.8 Å². The molecule has 1 aliphatic heterocycles. The van der Waals surface area contributed by atoms with Crippen LogP contribution < -0.4 is 0 Å². The van der Waals surface area contributed by atoms with E-state index >= 15 is 0 Å². The highest BCUT2D eigenvalue weighted by atomic mass is 15.1. The van der Waals surface area contributed by atoms with Crippen molar-refractivity contribution in [1.82, 2.24) is 14.5 Å². The highest BCUT2D eigenvalue weighted by molar-refractivity contribution is 5.33. The molecule has 0 bridgehead atoms. The summed E-state index contributed by atoms with van der Waals surface area (Å²) in [5, 5.41) is 0. The molecule has 2 aromatic rings. The molecule has 106 valence electrons. The summed E-state index contributed by atoms with van der Waals surface area (Å²) in [4.78, 5) is 7.14. The first-order valence-corrected chi connectivity index (χ1v) is 7.48. The Morgan fingerprint density at radius 1 is 1.05 bits per heavy atom. The van der Waals surface area contributed by atoms with Gasteiger partial charge in [-0.05, 0) is 64.0 Å². The van der Waals surface area contributed by atoms with E-state index in [9.17, 15) is 0 Å². The second kappa shape index (κ2) is 5.41. The second-order valence-electron chi connectivity index (χ2n) is 5.89. The third-order valence-electron chi connectivity index (χ3n) is 4.43. The molecule has 3 heteroatoms. The number of hydrogen-bond donors (Lipinski definition) is 0. The fourth-order valence-electron chi connectivity index (χ4n) is 3.25. The molecule has 3 heterocycles. The van der Waals surface area contributed by atoms with E-state index in [2.05, 4.69) is 65.8 Å². The summed E-state index contributed by atoms with van der Waals surface area (Å²) in [5.41, 5.74) is 3.81. The molecule has 0 aliphatic carbocycles. The SMILES string of the molecule is Cc1ccc(C)n1-c1ccc([C@@H]2CCCCN2C)cn1. The Kier molecular flexibility index (Phi) is 3.62. The zero-order valence-electron chi connectivity index (χ0n) is 12.6. The van der Waals surface area contributed by atoms with Crippen LogP contribution in [-0.2, 0) is 0 Å². The van der Waals surface area contributed by atoms with E-state index in [0.29, 0.717) is 6.04 Å². The van der Waals surface area contributed by atoms with Gasteiger partial charge in [-0.15, -0.1) is 0 Å². The van der Waals surface area contributed by atoms with Crippen LogP contribution in [0.2, 0.25) is 0 Å². The molecule has 0 saturated carbocycles. The number of rotatable bonds is 2. The van der Waals surface area contributed by atoms with Gasteiger partial charge in [-0.1, -0.05) is 12.5 Å². The molecule has 20 heavy (non-hydrogen) atoms. The lowest BCUT2D eigenvalue weighted by atomic mass is 9.97. The fraction of sp³-hybridized carbons (Fsp3) is 0.471. The highest BCUT2D eigenvalue weighted by Gasteiger charge is 2.20. The van der Waals surface area contributed by atoms with Crippen LogP contribution in [0.25, 0.3) is 5.82 Å². The van der Waals surface area contributed by atoms with Crippen molar-refractivity contribution in [3.05, 3.63) is 47.4 Å². The number of likely N-dealkylation sites (tertiary alicyclic amines) is 1. The van der Waals surface area contributed by atoms with Gasteiger partial charge in [0.25, 0.3) is 0 Å². The third-order valence-corrected chi connectivity index (χ3v) is 4.43. The molecular formula is C17H23N3. The average molecular weight is 269 g/mol. The van der Waals surface area contributed by atoms with Crippen molar-refractivity contribution in [3.63, 3.8) is 0 Å². The maximum atomic E-state index is 4.69. The van der Waals surface area contributed by atoms with Crippen molar-refractivity contribution in [2.24, 2.45) is 0 Å². The van der Waals surface area contributed by atoms with Crippen molar-refractivity contribution >= 4 is 0 Å². The Labute approximate surface area is 121 Å². The Morgan fingerprint density at radius 2 is 1.80 bits per heavy atom. The number of nitrogens with zero attached hydrogens (tertiary/aromatic N) is 3. The van der Waals surface area contributed by atoms with Crippen LogP contribution in [0.3, 0.4) is 0 Å². The predicted molar refractivity (Wildman–Crippen MR) is 82.3 cm³/mol. The maximum Gasteiger partial charge on any atom is 0.136 e. The van der Waals surface area contributed by atoms with Crippen molar-refractivity contribution in [1.29, 1.82) is 0 Å². The van der Waals surface area contributed by atoms with Crippen LogP contribution >= 0.6 is 0 Å². The van der Waals surface area contributed by atoms with Gasteiger partial charge in [0.1, 0.15) is 5.82 Å². The summed E-state index contributed by atoms with van der Waals surface area (Å²) in [6.45, 7) is 5.44. The summed E-state index contributed by atoms with van der Waals surface area (Å²) in [5.74, 6) is 1.02. The zero-order chi connectivity index (χ0) is 14.1. The van der Waals surface area contributed by atoms with E-state index in [1.54, 1.807) is 0 Å². The van der Waals surface area contributed by atoms with Crippen LogP contribution in [0.4, 0.5) is 0 Å². The van der Waals surface area contributed by atoms with Crippen LogP contribution in [0.15, 0.2) is 30.5 Å². The van der Waals surface area contributed by atoms with Crippen molar-refractivity contribution in [2.45, 2.75) is 39.2 Å². The van der Waals surface area contributed by atoms with E-state index < -0.39 is 0 Å². The van der Waals surface area contributed by atoms with Gasteiger partial charge < -0.3 is 4.57 Å². The average Bonchev–Trinajstić information content (AvgIpc) is 2.79. The van der Waals surface area contributed by atoms with Crippen LogP contribution in [0, 0.1) is 13.8 Å². The normalized spacial score (nSPS) is 20.2. The number of pyridine rings is 1. The lowest BCUT2D eigenvalue weighted by Gasteiger charge is -2.32. The molecule has 1 fully saturated rings. The molecule has 0 amide bonds. The molecule has 0 aromatic carbocycles. The van der Waals surface area contributed by atoms with Crippen LogP contribution in [0.1, 0.15) is 42.3 Å². The van der Waals surface area contributed by atoms with Gasteiger partial charge in [0.05, 0.1) is 0 Å². The lowest BCUT2D eigenvalue weighted by molar-refractivity contribution is 0.187. The largest absolute Gasteiger partial charge is 0.303 e. The molecule has 0 radical (unpaired) electrons. The van der Waals surface area contributed by atoms with E-state index in [1.807, 2.05) is 0 Å². The quantitative estimate of drug-likeness (QED) is 0.830. The Bertz CT molecular complexity index is 563. The predicted octanol–water partition coefficient (Wildman–Crippen LogP) is 3.65. The first-order valence-electron chi connectivity index (χ1n) is 7.48. The monoisotopic (exact) mass is 269 g/mol. The van der Waals surface area contributed by atoms with Crippen molar-refractivity contribution in [3.8, 4) is 5.82 Å². The highest BCUT2D eigenvalue weighted by Crippen LogP contribution is 2.29. The number of aromatic nitrogens is 2. The Hall–Kier alpha value is -1.61. The van der Waals surface area contributed by atoms with Crippen LogP contribution in [0.5, 0.6) is 0 Å². The number of aryl methyl sites for hydroxylation is 2. The molecular weight excluding hydrogens is 246 g/mol. The van der Waals surface area contributed by atoms with Gasteiger partial charge in [-0.3, -0.25) is 4.90 Å². The van der Waals surface area contributed by atoms with Gasteiger partial charge in [-0.2, -0.15) is 0 Å². The van der Waals surface area contributed by atoms with Gasteiger partial charge in [0.2, 0.25) is 0 Å². The fourth-order valence-corrected chi connectivity index (χ4v) is 3.25. The maximum absolute atomic E-state index is 4.69. The van der Waals surface area contributed by atoms with Gasteiger partial charge in [0.15, 0.2) is 0 Å². The molecule has 3 rings (SSSR count). The minimum atomic E-state index is 0.539. The first kappa shape index (κ1) is 13.4. The molecule has 0 unspecified atom stereocenters. The summed E-state index contributed by atoms with van der Waals surface area (Å²) in [6, 6.07) is 9.21. The van der Waals surface area contributed by atoms with Gasteiger partial charge >= 0.3 is 0 Å². The molecule has 0 spiro atoms. The standard InChI is InChI=1S/C17H23N3/c1-13-7-8-14(2)20(13)17-10-9-15(12-18-17)16-6-4-5-11-19(16)3/h7-10,12,16H,4-6,11H2,1-3H3/t16-/m0/s1. The van der Waals surface area contributed by atoms with Crippen molar-refractivity contribution in [2.75, 3.05) is 13.6 Å². The van der Waals surface area contributed by atoms with Crippen LogP contribution in [-0.4, -0.2) is 28.0 Å². The first-order chi connectivity index (χ1) is 9.66. The second-order valence-corrected chi connectivity index (χ2v) is 5.89. The summed E-state index contributed by atoms with van der Waals surface area (Å²) in [7, 11) is 2.22. The smallest absolute Gasteiger partial charge is 0.136 e. The molecule has 1 atom stereocenters. The van der Waals surface area contributed by atoms with E-state index in [-0.39, 0.29) is 0 Å². The minimum absolute atomic E-state index is 0.539. The number of piperidine rings is 1. The third kappa shape index (κ3) is 2.38. The summed E-state index contributed by atoms with van der Waals surface area (Å²) < 4.78 is 2.20. The zero-order valence-corrected chi connectivity index (χ0v) is 12.6. The van der Waals surface area contributed by atoms with Gasteiger partial charge in [-0.25, -0.2) is 4.98 Å². The minimum Gasteiger partial charge on any atom is -0.303 e. The Morgan fingerprint density at radius 3 is 2.40 bits per heavy atom. The van der Waals surface area contributed by atoms with Crippen molar-refractivity contribution < 1.29 is 0 Å².